The van der Waals surface area contributed by atoms with Crippen molar-refractivity contribution in [3.05, 3.63) is 45.9 Å². The zero-order valence-electron chi connectivity index (χ0n) is 9.94. The molecule has 0 radical (unpaired) electrons. The van der Waals surface area contributed by atoms with Crippen LogP contribution >= 0.6 is 11.3 Å². The molecule has 106 valence electrons. The summed E-state index contributed by atoms with van der Waals surface area (Å²) in [4.78, 5) is 14.5. The molecule has 0 fully saturated rings. The van der Waals surface area contributed by atoms with Crippen LogP contribution in [0.3, 0.4) is 0 Å². The molecule has 2 rings (SSSR count). The third-order valence-electron chi connectivity index (χ3n) is 2.40. The quantitative estimate of drug-likeness (QED) is 0.907. The number of rotatable bonds is 4. The van der Waals surface area contributed by atoms with Gasteiger partial charge in [-0.3, -0.25) is 0 Å². The van der Waals surface area contributed by atoms with Crippen molar-refractivity contribution >= 4 is 23.0 Å². The van der Waals surface area contributed by atoms with Crippen LogP contribution in [-0.2, 0) is 12.7 Å². The normalized spacial score (nSPS) is 11.3. The second kappa shape index (κ2) is 5.49. The van der Waals surface area contributed by atoms with Crippen LogP contribution in [0.5, 0.6) is 0 Å². The van der Waals surface area contributed by atoms with Crippen LogP contribution < -0.4 is 5.32 Å². The molecular weight excluding hydrogens is 293 g/mol. The molecule has 0 aliphatic carbocycles. The first-order chi connectivity index (χ1) is 9.36. The number of carboxylic acids is 1. The molecule has 8 heteroatoms. The van der Waals surface area contributed by atoms with Gasteiger partial charge in [-0.15, -0.1) is 11.3 Å². The van der Waals surface area contributed by atoms with E-state index in [9.17, 15) is 18.0 Å². The van der Waals surface area contributed by atoms with Gasteiger partial charge in [0.15, 0.2) is 0 Å². The number of benzene rings is 1. The van der Waals surface area contributed by atoms with Crippen LogP contribution in [-0.4, -0.2) is 16.1 Å². The van der Waals surface area contributed by atoms with Crippen molar-refractivity contribution in [1.82, 2.24) is 4.98 Å². The highest BCUT2D eigenvalue weighted by Gasteiger charge is 2.30. The number of nitrogens with zero attached hydrogens (tertiary/aromatic N) is 1. The van der Waals surface area contributed by atoms with Crippen LogP contribution in [0.2, 0.25) is 0 Å². The highest BCUT2D eigenvalue weighted by molar-refractivity contribution is 7.11. The minimum atomic E-state index is -4.39. The summed E-state index contributed by atoms with van der Waals surface area (Å²) in [6.45, 7) is 0.158. The summed E-state index contributed by atoms with van der Waals surface area (Å²) in [6, 6.07) is 4.77. The lowest BCUT2D eigenvalue weighted by Crippen LogP contribution is -2.06. The Morgan fingerprint density at radius 1 is 1.40 bits per heavy atom. The van der Waals surface area contributed by atoms with Crippen molar-refractivity contribution in [3.8, 4) is 0 Å². The van der Waals surface area contributed by atoms with E-state index in [1.54, 1.807) is 5.38 Å². The van der Waals surface area contributed by atoms with Crippen molar-refractivity contribution < 1.29 is 23.1 Å². The van der Waals surface area contributed by atoms with E-state index in [4.69, 9.17) is 5.11 Å². The van der Waals surface area contributed by atoms with E-state index in [1.807, 2.05) is 0 Å². The van der Waals surface area contributed by atoms with Crippen LogP contribution in [0.1, 0.15) is 21.1 Å². The monoisotopic (exact) mass is 302 g/mol. The number of alkyl halides is 3. The van der Waals surface area contributed by atoms with Gasteiger partial charge in [0.05, 0.1) is 17.8 Å². The average Bonchev–Trinajstić information content (AvgIpc) is 2.85. The van der Waals surface area contributed by atoms with E-state index in [0.717, 1.165) is 23.5 Å². The highest BCUT2D eigenvalue weighted by Crippen LogP contribution is 2.30. The van der Waals surface area contributed by atoms with Crippen molar-refractivity contribution in [3.63, 3.8) is 0 Å². The zero-order valence-corrected chi connectivity index (χ0v) is 10.8. The minimum Gasteiger partial charge on any atom is -0.476 e. The van der Waals surface area contributed by atoms with Gasteiger partial charge in [0, 0.05) is 11.1 Å². The topological polar surface area (TPSA) is 62.2 Å². The SMILES string of the molecule is O=C(O)c1nc(CNc2cccc(C(F)(F)F)c2)cs1. The van der Waals surface area contributed by atoms with Gasteiger partial charge in [0.1, 0.15) is 0 Å². The van der Waals surface area contributed by atoms with E-state index >= 15 is 0 Å². The molecule has 20 heavy (non-hydrogen) atoms. The number of carbonyl (C=O) groups is 1. The van der Waals surface area contributed by atoms with Crippen LogP contribution in [0, 0.1) is 0 Å². The molecule has 0 unspecified atom stereocenters. The van der Waals surface area contributed by atoms with Crippen LogP contribution in [0.15, 0.2) is 29.6 Å². The molecule has 0 bridgehead atoms. The van der Waals surface area contributed by atoms with E-state index in [2.05, 4.69) is 10.3 Å². The fourth-order valence-corrected chi connectivity index (χ4v) is 2.14. The van der Waals surface area contributed by atoms with Gasteiger partial charge in [0.2, 0.25) is 5.01 Å². The maximum Gasteiger partial charge on any atom is 0.416 e. The molecule has 0 saturated carbocycles. The summed E-state index contributed by atoms with van der Waals surface area (Å²) in [5, 5.41) is 13.0. The van der Waals surface area contributed by atoms with Crippen LogP contribution in [0.25, 0.3) is 0 Å². The lowest BCUT2D eigenvalue weighted by atomic mass is 10.2. The predicted molar refractivity (Wildman–Crippen MR) is 67.8 cm³/mol. The number of carboxylic acid groups (broad SMARTS) is 1. The van der Waals surface area contributed by atoms with Gasteiger partial charge >= 0.3 is 12.1 Å². The Kier molecular flexibility index (Phi) is 3.93. The fraction of sp³-hybridized carbons (Fsp3) is 0.167. The first kappa shape index (κ1) is 14.3. The van der Waals surface area contributed by atoms with Gasteiger partial charge in [-0.25, -0.2) is 9.78 Å². The minimum absolute atomic E-state index is 0.0501. The Morgan fingerprint density at radius 3 is 2.75 bits per heavy atom. The predicted octanol–water partition coefficient (Wildman–Crippen LogP) is 3.47. The molecule has 1 heterocycles. The molecule has 0 aliphatic heterocycles. The molecule has 0 saturated heterocycles. The zero-order chi connectivity index (χ0) is 14.8. The number of hydrogen-bond donors (Lipinski definition) is 2. The standard InChI is InChI=1S/C12H9F3N2O2S/c13-12(14,15)7-2-1-3-8(4-7)16-5-9-6-20-10(17-9)11(18)19/h1-4,6,16H,5H2,(H,18,19). The van der Waals surface area contributed by atoms with Crippen molar-refractivity contribution in [1.29, 1.82) is 0 Å². The maximum atomic E-state index is 12.5. The van der Waals surface area contributed by atoms with Gasteiger partial charge in [-0.05, 0) is 18.2 Å². The molecule has 0 atom stereocenters. The molecule has 0 aliphatic rings. The lowest BCUT2D eigenvalue weighted by molar-refractivity contribution is -0.137. The molecular formula is C12H9F3N2O2S. The van der Waals surface area contributed by atoms with E-state index < -0.39 is 17.7 Å². The first-order valence-electron chi connectivity index (χ1n) is 5.45. The third-order valence-corrected chi connectivity index (χ3v) is 3.28. The third kappa shape index (κ3) is 3.47. The first-order valence-corrected chi connectivity index (χ1v) is 6.33. The summed E-state index contributed by atoms with van der Waals surface area (Å²) < 4.78 is 37.6. The van der Waals surface area contributed by atoms with Gasteiger partial charge in [0.25, 0.3) is 0 Å². The number of aromatic nitrogens is 1. The smallest absolute Gasteiger partial charge is 0.416 e. The lowest BCUT2D eigenvalue weighted by Gasteiger charge is -2.09. The summed E-state index contributed by atoms with van der Waals surface area (Å²) in [7, 11) is 0. The Labute approximate surface area is 115 Å². The van der Waals surface area contributed by atoms with E-state index in [1.165, 1.54) is 12.1 Å². The number of nitrogens with one attached hydrogen (secondary N) is 1. The fourth-order valence-electron chi connectivity index (χ4n) is 1.48. The average molecular weight is 302 g/mol. The number of aromatic carboxylic acids is 1. The van der Waals surface area contributed by atoms with E-state index in [0.29, 0.717) is 11.4 Å². The molecule has 2 N–H and O–H groups in total. The number of hydrogen-bond acceptors (Lipinski definition) is 4. The number of thiazole rings is 1. The second-order valence-electron chi connectivity index (χ2n) is 3.88. The number of halogens is 3. The summed E-state index contributed by atoms with van der Waals surface area (Å²) in [6.07, 6.45) is -4.39. The van der Waals surface area contributed by atoms with Gasteiger partial charge in [-0.2, -0.15) is 13.2 Å². The van der Waals surface area contributed by atoms with Crippen molar-refractivity contribution in [2.75, 3.05) is 5.32 Å². The van der Waals surface area contributed by atoms with Crippen LogP contribution in [0.4, 0.5) is 18.9 Å². The Hall–Kier alpha value is -2.09. The maximum absolute atomic E-state index is 12.5. The van der Waals surface area contributed by atoms with Crippen molar-refractivity contribution in [2.45, 2.75) is 12.7 Å². The molecule has 1 aromatic carbocycles. The highest BCUT2D eigenvalue weighted by atomic mass is 32.1. The molecule has 0 spiro atoms. The van der Waals surface area contributed by atoms with E-state index in [-0.39, 0.29) is 11.6 Å². The summed E-state index contributed by atoms with van der Waals surface area (Å²) >= 11 is 0.970. The largest absolute Gasteiger partial charge is 0.476 e. The Balaban J connectivity index is 2.05. The number of anilines is 1. The molecule has 4 nitrogen and oxygen atoms in total. The second-order valence-corrected chi connectivity index (χ2v) is 4.74. The summed E-state index contributed by atoms with van der Waals surface area (Å²) in [5.41, 5.74) is 0.0153. The van der Waals surface area contributed by atoms with Gasteiger partial charge < -0.3 is 10.4 Å². The van der Waals surface area contributed by atoms with Gasteiger partial charge in [-0.1, -0.05) is 6.07 Å². The molecule has 2 aromatic rings. The summed E-state index contributed by atoms with van der Waals surface area (Å²) in [5.74, 6) is -1.12. The molecule has 1 aromatic heterocycles. The molecule has 0 amide bonds. The Bertz CT molecular complexity index is 625. The van der Waals surface area contributed by atoms with Crippen molar-refractivity contribution in [2.24, 2.45) is 0 Å². The Morgan fingerprint density at radius 2 is 2.15 bits per heavy atom.